The Morgan fingerprint density at radius 1 is 1.25 bits per heavy atom. The number of anilines is 1. The van der Waals surface area contributed by atoms with Gasteiger partial charge in [0.15, 0.2) is 17.4 Å². The molecule has 0 atom stereocenters. The van der Waals surface area contributed by atoms with E-state index in [1.54, 1.807) is 6.07 Å². The fourth-order valence-corrected chi connectivity index (χ4v) is 2.03. The van der Waals surface area contributed by atoms with Crippen molar-refractivity contribution in [2.75, 3.05) is 12.8 Å². The number of halogens is 3. The molecule has 104 valence electrons. The van der Waals surface area contributed by atoms with Crippen molar-refractivity contribution in [2.24, 2.45) is 0 Å². The molecule has 0 unspecified atom stereocenters. The van der Waals surface area contributed by atoms with Gasteiger partial charge in [-0.2, -0.15) is 0 Å². The topological polar surface area (TPSA) is 52.3 Å². The maximum atomic E-state index is 13.3. The second kappa shape index (κ2) is 5.46. The number of nitrogen functional groups attached to an aromatic ring is 1. The van der Waals surface area contributed by atoms with Crippen molar-refractivity contribution in [3.8, 4) is 5.75 Å². The van der Waals surface area contributed by atoms with Gasteiger partial charge in [0, 0.05) is 11.3 Å². The Labute approximate surface area is 118 Å². The fraction of sp³-hybridized carbons (Fsp3) is 0.0714. The van der Waals surface area contributed by atoms with Gasteiger partial charge in [0.25, 0.3) is 0 Å². The van der Waals surface area contributed by atoms with Crippen LogP contribution < -0.4 is 10.5 Å². The summed E-state index contributed by atoms with van der Waals surface area (Å²) in [5, 5.41) is -0.195. The Kier molecular flexibility index (Phi) is 3.90. The Morgan fingerprint density at radius 3 is 2.55 bits per heavy atom. The standard InChI is InChI=1S/C14H10ClF2NO2/c1-20-12-4-2-3-11(18)13(12)14(19)7-5-9(16)10(17)6-8(7)15/h2-6H,18H2,1H3. The fourth-order valence-electron chi connectivity index (χ4n) is 1.79. The number of benzene rings is 2. The summed E-state index contributed by atoms with van der Waals surface area (Å²) in [5.41, 5.74) is 5.78. The number of ether oxygens (including phenoxy) is 1. The van der Waals surface area contributed by atoms with Crippen molar-refractivity contribution in [3.05, 3.63) is 58.1 Å². The van der Waals surface area contributed by atoms with Gasteiger partial charge < -0.3 is 10.5 Å². The summed E-state index contributed by atoms with van der Waals surface area (Å²) in [5.74, 6) is -2.69. The lowest BCUT2D eigenvalue weighted by molar-refractivity contribution is 0.103. The van der Waals surface area contributed by atoms with Crippen LogP contribution in [0.1, 0.15) is 15.9 Å². The van der Waals surface area contributed by atoms with Crippen molar-refractivity contribution in [1.29, 1.82) is 0 Å². The molecule has 6 heteroatoms. The summed E-state index contributed by atoms with van der Waals surface area (Å²) in [4.78, 5) is 12.4. The van der Waals surface area contributed by atoms with Crippen molar-refractivity contribution < 1.29 is 18.3 Å². The van der Waals surface area contributed by atoms with E-state index in [2.05, 4.69) is 0 Å². The van der Waals surface area contributed by atoms with Crippen LogP contribution in [0.5, 0.6) is 5.75 Å². The molecule has 2 N–H and O–H groups in total. The number of carbonyl (C=O) groups excluding carboxylic acids is 1. The number of rotatable bonds is 3. The number of carbonyl (C=O) groups is 1. The maximum absolute atomic E-state index is 13.3. The normalized spacial score (nSPS) is 10.4. The first-order valence-corrected chi connectivity index (χ1v) is 5.95. The molecule has 0 saturated carbocycles. The molecule has 0 saturated heterocycles. The van der Waals surface area contributed by atoms with E-state index in [0.717, 1.165) is 12.1 Å². The molecule has 2 rings (SSSR count). The maximum Gasteiger partial charge on any atom is 0.200 e. The zero-order chi connectivity index (χ0) is 14.9. The van der Waals surface area contributed by atoms with E-state index >= 15 is 0 Å². The van der Waals surface area contributed by atoms with Gasteiger partial charge >= 0.3 is 0 Å². The molecular formula is C14H10ClF2NO2. The lowest BCUT2D eigenvalue weighted by Gasteiger charge is -2.11. The van der Waals surface area contributed by atoms with E-state index < -0.39 is 17.4 Å². The summed E-state index contributed by atoms with van der Waals surface area (Å²) in [7, 11) is 1.37. The molecule has 0 amide bonds. The Morgan fingerprint density at radius 2 is 1.90 bits per heavy atom. The average Bonchev–Trinajstić information content (AvgIpc) is 2.41. The molecule has 2 aromatic rings. The first kappa shape index (κ1) is 14.3. The first-order chi connectivity index (χ1) is 9.45. The van der Waals surface area contributed by atoms with Crippen molar-refractivity contribution >= 4 is 23.1 Å². The SMILES string of the molecule is COc1cccc(N)c1C(=O)c1cc(F)c(F)cc1Cl. The molecular weight excluding hydrogens is 288 g/mol. The highest BCUT2D eigenvalue weighted by Gasteiger charge is 2.21. The highest BCUT2D eigenvalue weighted by atomic mass is 35.5. The third-order valence-corrected chi connectivity index (χ3v) is 3.07. The Balaban J connectivity index is 2.61. The first-order valence-electron chi connectivity index (χ1n) is 5.57. The molecule has 0 spiro atoms. The summed E-state index contributed by atoms with van der Waals surface area (Å²) in [6.45, 7) is 0. The van der Waals surface area contributed by atoms with Gasteiger partial charge in [-0.3, -0.25) is 4.79 Å². The highest BCUT2D eigenvalue weighted by Crippen LogP contribution is 2.30. The Hall–Kier alpha value is -2.14. The molecule has 2 aromatic carbocycles. The van der Waals surface area contributed by atoms with Crippen LogP contribution >= 0.6 is 11.6 Å². The molecule has 0 heterocycles. The highest BCUT2D eigenvalue weighted by molar-refractivity contribution is 6.35. The Bertz CT molecular complexity index is 689. The summed E-state index contributed by atoms with van der Waals surface area (Å²) < 4.78 is 31.4. The zero-order valence-electron chi connectivity index (χ0n) is 10.4. The molecule has 0 aliphatic carbocycles. The van der Waals surface area contributed by atoms with Crippen molar-refractivity contribution in [3.63, 3.8) is 0 Å². The van der Waals surface area contributed by atoms with Crippen LogP contribution in [-0.2, 0) is 0 Å². The zero-order valence-corrected chi connectivity index (χ0v) is 11.2. The minimum Gasteiger partial charge on any atom is -0.496 e. The largest absolute Gasteiger partial charge is 0.496 e. The van der Waals surface area contributed by atoms with E-state index in [9.17, 15) is 13.6 Å². The van der Waals surface area contributed by atoms with E-state index in [1.165, 1.54) is 19.2 Å². The molecule has 0 fully saturated rings. The third kappa shape index (κ3) is 2.44. The van der Waals surface area contributed by atoms with Crippen LogP contribution in [0.15, 0.2) is 30.3 Å². The number of hydrogen-bond acceptors (Lipinski definition) is 3. The summed E-state index contributed by atoms with van der Waals surface area (Å²) in [6, 6.07) is 6.14. The number of hydrogen-bond donors (Lipinski definition) is 1. The lowest BCUT2D eigenvalue weighted by atomic mass is 10.0. The third-order valence-electron chi connectivity index (χ3n) is 2.76. The van der Waals surface area contributed by atoms with Crippen molar-refractivity contribution in [2.45, 2.75) is 0 Å². The average molecular weight is 298 g/mol. The predicted octanol–water partition coefficient (Wildman–Crippen LogP) is 3.44. The van der Waals surface area contributed by atoms with Gasteiger partial charge in [0.2, 0.25) is 0 Å². The van der Waals surface area contributed by atoms with Gasteiger partial charge in [-0.1, -0.05) is 17.7 Å². The number of methoxy groups -OCH3 is 1. The van der Waals surface area contributed by atoms with Crippen LogP contribution in [0.3, 0.4) is 0 Å². The molecule has 0 aromatic heterocycles. The van der Waals surface area contributed by atoms with Gasteiger partial charge in [0.05, 0.1) is 17.7 Å². The van der Waals surface area contributed by atoms with Crippen molar-refractivity contribution in [1.82, 2.24) is 0 Å². The van der Waals surface area contributed by atoms with Crippen LogP contribution in [0.25, 0.3) is 0 Å². The van der Waals surface area contributed by atoms with E-state index in [-0.39, 0.29) is 27.6 Å². The minimum atomic E-state index is -1.16. The van der Waals surface area contributed by atoms with Gasteiger partial charge in [0.1, 0.15) is 5.75 Å². The molecule has 20 heavy (non-hydrogen) atoms. The smallest absolute Gasteiger partial charge is 0.200 e. The van der Waals surface area contributed by atoms with Gasteiger partial charge in [-0.15, -0.1) is 0 Å². The van der Waals surface area contributed by atoms with Crippen LogP contribution in [0.4, 0.5) is 14.5 Å². The monoisotopic (exact) mass is 297 g/mol. The molecule has 0 radical (unpaired) electrons. The molecule has 0 aliphatic rings. The summed E-state index contributed by atoms with van der Waals surface area (Å²) in [6.07, 6.45) is 0. The predicted molar refractivity (Wildman–Crippen MR) is 72.2 cm³/mol. The van der Waals surface area contributed by atoms with E-state index in [1.807, 2.05) is 0 Å². The minimum absolute atomic E-state index is 0.0582. The van der Waals surface area contributed by atoms with Crippen LogP contribution in [0.2, 0.25) is 5.02 Å². The number of ketones is 1. The second-order valence-electron chi connectivity index (χ2n) is 4.00. The second-order valence-corrected chi connectivity index (χ2v) is 4.41. The summed E-state index contributed by atoms with van der Waals surface area (Å²) >= 11 is 5.78. The lowest BCUT2D eigenvalue weighted by Crippen LogP contribution is -2.09. The van der Waals surface area contributed by atoms with Crippen LogP contribution in [0, 0.1) is 11.6 Å². The van der Waals surface area contributed by atoms with E-state index in [0.29, 0.717) is 0 Å². The van der Waals surface area contributed by atoms with Gasteiger partial charge in [-0.25, -0.2) is 8.78 Å². The molecule has 0 aliphatic heterocycles. The van der Waals surface area contributed by atoms with E-state index in [4.69, 9.17) is 22.1 Å². The quantitative estimate of drug-likeness (QED) is 0.536. The molecule has 0 bridgehead atoms. The van der Waals surface area contributed by atoms with Crippen LogP contribution in [-0.4, -0.2) is 12.9 Å². The van der Waals surface area contributed by atoms with Gasteiger partial charge in [-0.05, 0) is 24.3 Å². The number of nitrogens with two attached hydrogens (primary N) is 1. The molecule has 3 nitrogen and oxygen atoms in total.